The molecule has 1 aliphatic carbocycles. The van der Waals surface area contributed by atoms with E-state index in [1.807, 2.05) is 0 Å². The Labute approximate surface area is 129 Å². The van der Waals surface area contributed by atoms with Crippen LogP contribution in [0.1, 0.15) is 18.5 Å². The molecule has 0 unspecified atom stereocenters. The number of hydrogen-bond acceptors (Lipinski definition) is 4. The molecule has 0 aliphatic heterocycles. The molecular formula is C14H12ClF3N4. The molecule has 4 nitrogen and oxygen atoms in total. The van der Waals surface area contributed by atoms with Crippen molar-refractivity contribution in [3.63, 3.8) is 0 Å². The summed E-state index contributed by atoms with van der Waals surface area (Å²) < 4.78 is 38.8. The van der Waals surface area contributed by atoms with Crippen LogP contribution in [0.15, 0.2) is 30.3 Å². The Morgan fingerprint density at radius 3 is 2.55 bits per heavy atom. The molecule has 1 aliphatic rings. The van der Waals surface area contributed by atoms with Gasteiger partial charge >= 0.3 is 6.18 Å². The monoisotopic (exact) mass is 328 g/mol. The van der Waals surface area contributed by atoms with E-state index in [9.17, 15) is 13.2 Å². The lowest BCUT2D eigenvalue weighted by molar-refractivity contribution is -0.141. The minimum Gasteiger partial charge on any atom is -0.351 e. The van der Waals surface area contributed by atoms with Gasteiger partial charge < -0.3 is 10.6 Å². The summed E-state index contributed by atoms with van der Waals surface area (Å²) in [5.74, 6) is 0.0367. The lowest BCUT2D eigenvalue weighted by Crippen LogP contribution is -2.14. The summed E-state index contributed by atoms with van der Waals surface area (Å²) in [7, 11) is 0. The van der Waals surface area contributed by atoms with Gasteiger partial charge in [-0.1, -0.05) is 17.7 Å². The van der Waals surface area contributed by atoms with Crippen molar-refractivity contribution in [2.45, 2.75) is 25.1 Å². The number of rotatable bonds is 4. The van der Waals surface area contributed by atoms with Crippen LogP contribution in [-0.2, 0) is 6.18 Å². The summed E-state index contributed by atoms with van der Waals surface area (Å²) in [6.07, 6.45) is -2.71. The van der Waals surface area contributed by atoms with Crippen molar-refractivity contribution in [3.8, 4) is 0 Å². The van der Waals surface area contributed by atoms with Crippen molar-refractivity contribution in [1.82, 2.24) is 9.97 Å². The van der Waals surface area contributed by atoms with E-state index in [4.69, 9.17) is 11.6 Å². The highest BCUT2D eigenvalue weighted by molar-refractivity contribution is 6.30. The largest absolute Gasteiger partial charge is 0.433 e. The van der Waals surface area contributed by atoms with Gasteiger partial charge in [-0.15, -0.1) is 0 Å². The molecule has 1 aromatic carbocycles. The van der Waals surface area contributed by atoms with E-state index in [1.54, 1.807) is 24.3 Å². The van der Waals surface area contributed by atoms with Crippen LogP contribution in [-0.4, -0.2) is 16.0 Å². The van der Waals surface area contributed by atoms with Gasteiger partial charge in [0.1, 0.15) is 5.82 Å². The predicted molar refractivity (Wildman–Crippen MR) is 78.4 cm³/mol. The van der Waals surface area contributed by atoms with E-state index >= 15 is 0 Å². The van der Waals surface area contributed by atoms with E-state index < -0.39 is 11.9 Å². The second-order valence-electron chi connectivity index (χ2n) is 5.01. The molecule has 0 saturated heterocycles. The summed E-state index contributed by atoms with van der Waals surface area (Å²) in [5.41, 5.74) is -0.438. The van der Waals surface area contributed by atoms with Gasteiger partial charge in [0.15, 0.2) is 5.69 Å². The zero-order valence-corrected chi connectivity index (χ0v) is 12.0. The lowest BCUT2D eigenvalue weighted by atomic mass is 10.3. The molecule has 8 heteroatoms. The van der Waals surface area contributed by atoms with Gasteiger partial charge in [-0.3, -0.25) is 0 Å². The highest BCUT2D eigenvalue weighted by Crippen LogP contribution is 2.32. The number of aromatic nitrogens is 2. The molecule has 1 fully saturated rings. The van der Waals surface area contributed by atoms with Crippen LogP contribution >= 0.6 is 11.6 Å². The Hall–Kier alpha value is -2.02. The van der Waals surface area contributed by atoms with E-state index in [0.29, 0.717) is 10.7 Å². The first-order chi connectivity index (χ1) is 10.4. The molecule has 1 aromatic heterocycles. The van der Waals surface area contributed by atoms with Crippen LogP contribution in [0, 0.1) is 0 Å². The second kappa shape index (κ2) is 5.64. The molecule has 3 rings (SSSR count). The van der Waals surface area contributed by atoms with E-state index in [2.05, 4.69) is 20.6 Å². The molecule has 1 heterocycles. The highest BCUT2D eigenvalue weighted by atomic mass is 35.5. The molecule has 0 amide bonds. The second-order valence-corrected chi connectivity index (χ2v) is 5.45. The van der Waals surface area contributed by atoms with Gasteiger partial charge in [-0.25, -0.2) is 4.98 Å². The van der Waals surface area contributed by atoms with Gasteiger partial charge in [0.25, 0.3) is 0 Å². The molecule has 0 radical (unpaired) electrons. The van der Waals surface area contributed by atoms with Crippen LogP contribution in [0.2, 0.25) is 5.02 Å². The molecule has 0 atom stereocenters. The number of anilines is 3. The van der Waals surface area contributed by atoms with Crippen LogP contribution in [0.4, 0.5) is 30.6 Å². The number of halogens is 4. The standard InChI is InChI=1S/C14H12ClF3N4/c15-8-2-1-3-10(6-8)19-12-7-11(14(16,17)18)21-13(22-12)20-9-4-5-9/h1-3,6-7,9H,4-5H2,(H2,19,20,21,22). The Kier molecular flexibility index (Phi) is 3.82. The smallest absolute Gasteiger partial charge is 0.351 e. The summed E-state index contributed by atoms with van der Waals surface area (Å²) in [5, 5.41) is 6.17. The number of nitrogens with one attached hydrogen (secondary N) is 2. The van der Waals surface area contributed by atoms with Crippen molar-refractivity contribution in [3.05, 3.63) is 41.0 Å². The van der Waals surface area contributed by atoms with Crippen LogP contribution in [0.25, 0.3) is 0 Å². The minimum absolute atomic E-state index is 0.0261. The first kappa shape index (κ1) is 14.9. The Morgan fingerprint density at radius 2 is 1.91 bits per heavy atom. The Morgan fingerprint density at radius 1 is 1.14 bits per heavy atom. The normalized spacial score (nSPS) is 14.7. The van der Waals surface area contributed by atoms with Crippen molar-refractivity contribution in [2.75, 3.05) is 10.6 Å². The lowest BCUT2D eigenvalue weighted by Gasteiger charge is -2.12. The maximum atomic E-state index is 12.9. The number of alkyl halides is 3. The third-order valence-electron chi connectivity index (χ3n) is 3.02. The molecule has 0 bridgehead atoms. The van der Waals surface area contributed by atoms with Gasteiger partial charge in [0, 0.05) is 22.8 Å². The molecule has 2 aromatic rings. The maximum absolute atomic E-state index is 12.9. The number of benzene rings is 1. The zero-order valence-electron chi connectivity index (χ0n) is 11.3. The molecular weight excluding hydrogens is 317 g/mol. The molecule has 116 valence electrons. The topological polar surface area (TPSA) is 49.8 Å². The number of hydrogen-bond donors (Lipinski definition) is 2. The Balaban J connectivity index is 1.91. The highest BCUT2D eigenvalue weighted by Gasteiger charge is 2.34. The molecule has 2 N–H and O–H groups in total. The molecule has 1 saturated carbocycles. The summed E-state index contributed by atoms with van der Waals surface area (Å²) in [4.78, 5) is 7.61. The predicted octanol–water partition coefficient (Wildman–Crippen LogP) is 4.47. The summed E-state index contributed by atoms with van der Waals surface area (Å²) >= 11 is 5.86. The van der Waals surface area contributed by atoms with Gasteiger partial charge in [0.05, 0.1) is 0 Å². The Bertz CT molecular complexity index is 686. The van der Waals surface area contributed by atoms with Crippen LogP contribution in [0.3, 0.4) is 0 Å². The fraction of sp³-hybridized carbons (Fsp3) is 0.286. The summed E-state index contributed by atoms with van der Waals surface area (Å²) in [6, 6.07) is 7.69. The third kappa shape index (κ3) is 3.79. The maximum Gasteiger partial charge on any atom is 0.433 e. The fourth-order valence-corrected chi connectivity index (χ4v) is 2.04. The third-order valence-corrected chi connectivity index (χ3v) is 3.26. The van der Waals surface area contributed by atoms with Gasteiger partial charge in [-0.05, 0) is 31.0 Å². The van der Waals surface area contributed by atoms with E-state index in [0.717, 1.165) is 18.9 Å². The SMILES string of the molecule is FC(F)(F)c1cc(Nc2cccc(Cl)c2)nc(NC2CC2)n1. The molecule has 0 spiro atoms. The first-order valence-electron chi connectivity index (χ1n) is 6.65. The van der Waals surface area contributed by atoms with Crippen molar-refractivity contribution in [2.24, 2.45) is 0 Å². The van der Waals surface area contributed by atoms with Gasteiger partial charge in [-0.2, -0.15) is 18.2 Å². The van der Waals surface area contributed by atoms with Gasteiger partial charge in [0.2, 0.25) is 5.95 Å². The van der Waals surface area contributed by atoms with E-state index in [-0.39, 0.29) is 17.8 Å². The zero-order chi connectivity index (χ0) is 15.7. The molecule has 22 heavy (non-hydrogen) atoms. The van der Waals surface area contributed by atoms with Crippen molar-refractivity contribution < 1.29 is 13.2 Å². The minimum atomic E-state index is -4.53. The average molecular weight is 329 g/mol. The van der Waals surface area contributed by atoms with Crippen molar-refractivity contribution >= 4 is 29.1 Å². The first-order valence-corrected chi connectivity index (χ1v) is 7.03. The van der Waals surface area contributed by atoms with Crippen molar-refractivity contribution in [1.29, 1.82) is 0 Å². The van der Waals surface area contributed by atoms with Crippen LogP contribution in [0.5, 0.6) is 0 Å². The quantitative estimate of drug-likeness (QED) is 0.869. The van der Waals surface area contributed by atoms with Crippen LogP contribution < -0.4 is 10.6 Å². The summed E-state index contributed by atoms with van der Waals surface area (Å²) in [6.45, 7) is 0. The number of nitrogens with zero attached hydrogens (tertiary/aromatic N) is 2. The fourth-order valence-electron chi connectivity index (χ4n) is 1.85. The van der Waals surface area contributed by atoms with E-state index in [1.165, 1.54) is 0 Å². The average Bonchev–Trinajstić information content (AvgIpc) is 3.21.